The average molecular weight is 285 g/mol. The third-order valence-corrected chi connectivity index (χ3v) is 4.34. The third kappa shape index (κ3) is 2.72. The summed E-state index contributed by atoms with van der Waals surface area (Å²) < 4.78 is 5.44. The van der Waals surface area contributed by atoms with Crippen LogP contribution in [-0.2, 0) is 6.42 Å². The summed E-state index contributed by atoms with van der Waals surface area (Å²) in [5, 5.41) is 4.21. The van der Waals surface area contributed by atoms with E-state index in [4.69, 9.17) is 10.3 Å². The molecule has 0 saturated carbocycles. The quantitative estimate of drug-likeness (QED) is 0.916. The van der Waals surface area contributed by atoms with Crippen LogP contribution >= 0.6 is 0 Å². The number of aromatic nitrogens is 2. The first-order valence-electron chi connectivity index (χ1n) is 7.63. The standard InChI is InChI=1S/C17H23N3O/c1-17(2,3)14(18)16-19-15(20-21-16)13-10-6-8-11-7-4-5-9-12(11)13/h4-5,7,9,13-14H,6,8,10,18H2,1-3H3/t13?,14-/m0/s1. The molecule has 0 spiro atoms. The van der Waals surface area contributed by atoms with Gasteiger partial charge >= 0.3 is 0 Å². The summed E-state index contributed by atoms with van der Waals surface area (Å²) >= 11 is 0. The van der Waals surface area contributed by atoms with E-state index in [-0.39, 0.29) is 17.4 Å². The molecule has 4 heteroatoms. The van der Waals surface area contributed by atoms with Crippen molar-refractivity contribution in [2.75, 3.05) is 0 Å². The first-order valence-corrected chi connectivity index (χ1v) is 7.63. The van der Waals surface area contributed by atoms with Gasteiger partial charge in [-0.15, -0.1) is 0 Å². The highest BCUT2D eigenvalue weighted by molar-refractivity contribution is 5.36. The van der Waals surface area contributed by atoms with Gasteiger partial charge in [-0.25, -0.2) is 0 Å². The lowest BCUT2D eigenvalue weighted by atomic mass is 9.82. The van der Waals surface area contributed by atoms with Crippen molar-refractivity contribution >= 4 is 0 Å². The lowest BCUT2D eigenvalue weighted by Gasteiger charge is -2.24. The Kier molecular flexibility index (Phi) is 3.57. The summed E-state index contributed by atoms with van der Waals surface area (Å²) in [4.78, 5) is 4.60. The number of fused-ring (bicyclic) bond motifs is 1. The van der Waals surface area contributed by atoms with Crippen molar-refractivity contribution in [3.8, 4) is 0 Å². The van der Waals surface area contributed by atoms with Crippen molar-refractivity contribution in [2.24, 2.45) is 11.1 Å². The topological polar surface area (TPSA) is 64.9 Å². The molecular weight excluding hydrogens is 262 g/mol. The van der Waals surface area contributed by atoms with Gasteiger partial charge in [0.1, 0.15) is 0 Å². The Labute approximate surface area is 125 Å². The van der Waals surface area contributed by atoms with Crippen LogP contribution in [0, 0.1) is 5.41 Å². The Hall–Kier alpha value is -1.68. The smallest absolute Gasteiger partial charge is 0.244 e. The van der Waals surface area contributed by atoms with E-state index in [9.17, 15) is 0 Å². The van der Waals surface area contributed by atoms with E-state index in [1.165, 1.54) is 11.1 Å². The molecule has 2 aromatic rings. The monoisotopic (exact) mass is 285 g/mol. The molecule has 4 nitrogen and oxygen atoms in total. The molecule has 2 atom stereocenters. The Morgan fingerprint density at radius 2 is 2.05 bits per heavy atom. The van der Waals surface area contributed by atoms with Crippen LogP contribution in [0.1, 0.15) is 68.4 Å². The third-order valence-electron chi connectivity index (χ3n) is 4.34. The molecule has 1 heterocycles. The zero-order valence-electron chi connectivity index (χ0n) is 13.0. The fraction of sp³-hybridized carbons (Fsp3) is 0.529. The maximum atomic E-state index is 6.21. The number of nitrogens with zero attached hydrogens (tertiary/aromatic N) is 2. The highest BCUT2D eigenvalue weighted by atomic mass is 16.5. The number of hydrogen-bond acceptors (Lipinski definition) is 4. The van der Waals surface area contributed by atoms with Crippen LogP contribution in [-0.4, -0.2) is 10.1 Å². The Morgan fingerprint density at radius 1 is 1.29 bits per heavy atom. The van der Waals surface area contributed by atoms with Crippen molar-refractivity contribution < 1.29 is 4.52 Å². The van der Waals surface area contributed by atoms with Gasteiger partial charge in [0.05, 0.1) is 6.04 Å². The number of rotatable bonds is 2. The molecule has 1 aliphatic carbocycles. The van der Waals surface area contributed by atoms with E-state index in [1.54, 1.807) is 0 Å². The highest BCUT2D eigenvalue weighted by Crippen LogP contribution is 2.36. The minimum Gasteiger partial charge on any atom is -0.338 e. The molecule has 0 bridgehead atoms. The average Bonchev–Trinajstić information content (AvgIpc) is 2.94. The van der Waals surface area contributed by atoms with E-state index < -0.39 is 0 Å². The van der Waals surface area contributed by atoms with E-state index in [2.05, 4.69) is 55.2 Å². The summed E-state index contributed by atoms with van der Waals surface area (Å²) in [7, 11) is 0. The molecule has 3 rings (SSSR count). The van der Waals surface area contributed by atoms with Crippen LogP contribution in [0.3, 0.4) is 0 Å². The second-order valence-corrected chi connectivity index (χ2v) is 6.98. The summed E-state index contributed by atoms with van der Waals surface area (Å²) in [5.74, 6) is 1.55. The summed E-state index contributed by atoms with van der Waals surface area (Å²) in [6, 6.07) is 8.32. The molecule has 0 saturated heterocycles. The molecule has 0 aliphatic heterocycles. The van der Waals surface area contributed by atoms with Crippen LogP contribution in [0.2, 0.25) is 0 Å². The highest BCUT2D eigenvalue weighted by Gasteiger charge is 2.30. The van der Waals surface area contributed by atoms with Crippen molar-refractivity contribution in [3.63, 3.8) is 0 Å². The summed E-state index contributed by atoms with van der Waals surface area (Å²) in [6.07, 6.45) is 3.37. The fourth-order valence-corrected chi connectivity index (χ4v) is 2.91. The molecule has 21 heavy (non-hydrogen) atoms. The number of benzene rings is 1. The van der Waals surface area contributed by atoms with Crippen molar-refractivity contribution in [1.82, 2.24) is 10.1 Å². The number of aryl methyl sites for hydroxylation is 1. The molecule has 1 aromatic heterocycles. The van der Waals surface area contributed by atoms with Gasteiger partial charge in [0.25, 0.3) is 0 Å². The SMILES string of the molecule is CC(C)(C)[C@@H](N)c1nc(C2CCCc3ccccc32)no1. The summed E-state index contributed by atoms with van der Waals surface area (Å²) in [5.41, 5.74) is 8.86. The molecule has 112 valence electrons. The van der Waals surface area contributed by atoms with Crippen LogP contribution in [0.4, 0.5) is 0 Å². The Morgan fingerprint density at radius 3 is 2.81 bits per heavy atom. The molecular formula is C17H23N3O. The van der Waals surface area contributed by atoms with Gasteiger partial charge in [-0.2, -0.15) is 4.98 Å². The second-order valence-electron chi connectivity index (χ2n) is 6.98. The van der Waals surface area contributed by atoms with Gasteiger partial charge in [-0.1, -0.05) is 50.2 Å². The lowest BCUT2D eigenvalue weighted by Crippen LogP contribution is -2.26. The minimum absolute atomic E-state index is 0.0890. The first-order chi connectivity index (χ1) is 9.97. The zero-order chi connectivity index (χ0) is 15.0. The summed E-state index contributed by atoms with van der Waals surface area (Å²) in [6.45, 7) is 6.24. The van der Waals surface area contributed by atoms with Crippen LogP contribution in [0.25, 0.3) is 0 Å². The zero-order valence-corrected chi connectivity index (χ0v) is 13.0. The molecule has 0 fully saturated rings. The number of hydrogen-bond donors (Lipinski definition) is 1. The van der Waals surface area contributed by atoms with Crippen LogP contribution in [0.15, 0.2) is 28.8 Å². The molecule has 2 N–H and O–H groups in total. The van der Waals surface area contributed by atoms with Gasteiger partial charge < -0.3 is 10.3 Å². The van der Waals surface area contributed by atoms with Crippen molar-refractivity contribution in [2.45, 2.75) is 52.0 Å². The van der Waals surface area contributed by atoms with E-state index in [0.29, 0.717) is 5.89 Å². The van der Waals surface area contributed by atoms with E-state index in [0.717, 1.165) is 25.1 Å². The molecule has 0 radical (unpaired) electrons. The largest absolute Gasteiger partial charge is 0.338 e. The van der Waals surface area contributed by atoms with Gasteiger partial charge in [0, 0.05) is 5.92 Å². The predicted octanol–water partition coefficient (Wildman–Crippen LogP) is 3.58. The lowest BCUT2D eigenvalue weighted by molar-refractivity contribution is 0.252. The van der Waals surface area contributed by atoms with Crippen molar-refractivity contribution in [1.29, 1.82) is 0 Å². The Bertz CT molecular complexity index is 627. The van der Waals surface area contributed by atoms with Gasteiger partial charge in [0.2, 0.25) is 5.89 Å². The normalized spacial score (nSPS) is 20.1. The molecule has 0 amide bonds. The van der Waals surface area contributed by atoms with E-state index in [1.807, 2.05) is 0 Å². The number of nitrogens with two attached hydrogens (primary N) is 1. The van der Waals surface area contributed by atoms with Crippen molar-refractivity contribution in [3.05, 3.63) is 47.1 Å². The maximum absolute atomic E-state index is 6.21. The molecule has 1 aromatic carbocycles. The van der Waals surface area contributed by atoms with Crippen LogP contribution < -0.4 is 5.73 Å². The van der Waals surface area contributed by atoms with Gasteiger partial charge in [-0.05, 0) is 35.8 Å². The van der Waals surface area contributed by atoms with Gasteiger partial charge in [0.15, 0.2) is 5.82 Å². The molecule has 1 unspecified atom stereocenters. The van der Waals surface area contributed by atoms with Crippen LogP contribution in [0.5, 0.6) is 0 Å². The minimum atomic E-state index is -0.238. The Balaban J connectivity index is 1.91. The molecule has 1 aliphatic rings. The fourth-order valence-electron chi connectivity index (χ4n) is 2.91. The van der Waals surface area contributed by atoms with E-state index >= 15 is 0 Å². The second kappa shape index (κ2) is 5.26. The first kappa shape index (κ1) is 14.3. The maximum Gasteiger partial charge on any atom is 0.244 e. The van der Waals surface area contributed by atoms with Gasteiger partial charge in [-0.3, -0.25) is 0 Å². The predicted molar refractivity (Wildman–Crippen MR) is 81.9 cm³/mol.